The second-order valence-electron chi connectivity index (χ2n) is 4.73. The van der Waals surface area contributed by atoms with Crippen molar-refractivity contribution in [1.82, 2.24) is 10.3 Å². The van der Waals surface area contributed by atoms with Gasteiger partial charge in [-0.05, 0) is 25.0 Å². The number of rotatable bonds is 10. The van der Waals surface area contributed by atoms with Gasteiger partial charge in [-0.1, -0.05) is 19.3 Å². The molecule has 0 aliphatic rings. The van der Waals surface area contributed by atoms with Crippen molar-refractivity contribution in [2.75, 3.05) is 13.7 Å². The van der Waals surface area contributed by atoms with Crippen LogP contribution in [-0.2, 0) is 4.79 Å². The maximum atomic E-state index is 11.9. The van der Waals surface area contributed by atoms with Gasteiger partial charge in [-0.25, -0.2) is 4.98 Å². The fraction of sp³-hybridized carbons (Fsp3) is 0.533. The average molecular weight is 294 g/mol. The molecule has 1 amide bonds. The fourth-order valence-electron chi connectivity index (χ4n) is 1.95. The summed E-state index contributed by atoms with van der Waals surface area (Å²) in [5.41, 5.74) is 0.432. The number of hydrogen-bond donors (Lipinski definition) is 2. The van der Waals surface area contributed by atoms with Crippen molar-refractivity contribution in [2.45, 2.75) is 38.5 Å². The van der Waals surface area contributed by atoms with E-state index in [4.69, 9.17) is 9.84 Å². The molecule has 0 aliphatic carbocycles. The number of ether oxygens (including phenoxy) is 1. The number of carboxylic acids is 1. The molecule has 0 saturated heterocycles. The first-order chi connectivity index (χ1) is 10.1. The summed E-state index contributed by atoms with van der Waals surface area (Å²) in [6.45, 7) is 0.593. The van der Waals surface area contributed by atoms with Gasteiger partial charge in [-0.2, -0.15) is 0 Å². The Morgan fingerprint density at radius 3 is 2.67 bits per heavy atom. The highest BCUT2D eigenvalue weighted by atomic mass is 16.5. The number of nitrogens with zero attached hydrogens (tertiary/aromatic N) is 1. The number of aliphatic carboxylic acids is 1. The van der Waals surface area contributed by atoms with E-state index in [0.29, 0.717) is 24.4 Å². The summed E-state index contributed by atoms with van der Waals surface area (Å²) >= 11 is 0. The number of carboxylic acid groups (broad SMARTS) is 1. The van der Waals surface area contributed by atoms with Crippen molar-refractivity contribution < 1.29 is 19.4 Å². The number of aromatic nitrogens is 1. The van der Waals surface area contributed by atoms with Crippen LogP contribution in [0.1, 0.15) is 48.9 Å². The molecule has 0 fully saturated rings. The van der Waals surface area contributed by atoms with Gasteiger partial charge < -0.3 is 15.2 Å². The third-order valence-electron chi connectivity index (χ3n) is 3.06. The van der Waals surface area contributed by atoms with Gasteiger partial charge in [-0.15, -0.1) is 0 Å². The van der Waals surface area contributed by atoms with Crippen LogP contribution in [0.2, 0.25) is 0 Å². The summed E-state index contributed by atoms with van der Waals surface area (Å²) in [6.07, 6.45) is 6.28. The molecule has 1 rings (SSSR count). The van der Waals surface area contributed by atoms with Crippen LogP contribution < -0.4 is 10.1 Å². The molecular formula is C15H22N2O4. The molecular weight excluding hydrogens is 272 g/mol. The Bertz CT molecular complexity index is 463. The van der Waals surface area contributed by atoms with Crippen molar-refractivity contribution in [3.8, 4) is 5.88 Å². The Balaban J connectivity index is 2.15. The van der Waals surface area contributed by atoms with E-state index in [-0.39, 0.29) is 12.3 Å². The zero-order valence-electron chi connectivity index (χ0n) is 12.3. The van der Waals surface area contributed by atoms with E-state index in [1.54, 1.807) is 18.3 Å². The molecule has 0 bridgehead atoms. The standard InChI is InChI=1S/C15H22N2O4/c1-21-15-12(8-7-11-17-15)14(20)16-10-6-4-2-3-5-9-13(18)19/h7-8,11H,2-6,9-10H2,1H3,(H,16,20)(H,18,19). The highest BCUT2D eigenvalue weighted by Crippen LogP contribution is 2.13. The highest BCUT2D eigenvalue weighted by molar-refractivity contribution is 5.96. The van der Waals surface area contributed by atoms with E-state index in [1.807, 2.05) is 0 Å². The normalized spacial score (nSPS) is 10.1. The molecule has 0 aliphatic heterocycles. The minimum Gasteiger partial charge on any atom is -0.481 e. The molecule has 0 saturated carbocycles. The summed E-state index contributed by atoms with van der Waals surface area (Å²) in [5.74, 6) is -0.609. The molecule has 0 atom stereocenters. The Kier molecular flexibility index (Phi) is 7.86. The van der Waals surface area contributed by atoms with Crippen molar-refractivity contribution in [3.05, 3.63) is 23.9 Å². The zero-order valence-corrected chi connectivity index (χ0v) is 12.3. The minimum atomic E-state index is -0.743. The Hall–Kier alpha value is -2.11. The topological polar surface area (TPSA) is 88.5 Å². The van der Waals surface area contributed by atoms with Crippen LogP contribution in [0.15, 0.2) is 18.3 Å². The molecule has 6 heteroatoms. The molecule has 6 nitrogen and oxygen atoms in total. The van der Waals surface area contributed by atoms with Gasteiger partial charge in [0.2, 0.25) is 5.88 Å². The smallest absolute Gasteiger partial charge is 0.303 e. The third-order valence-corrected chi connectivity index (χ3v) is 3.06. The lowest BCUT2D eigenvalue weighted by molar-refractivity contribution is -0.137. The number of carbonyl (C=O) groups excluding carboxylic acids is 1. The van der Waals surface area contributed by atoms with Gasteiger partial charge in [0.25, 0.3) is 5.91 Å². The molecule has 1 aromatic rings. The van der Waals surface area contributed by atoms with Crippen molar-refractivity contribution in [2.24, 2.45) is 0 Å². The second kappa shape index (κ2) is 9.74. The van der Waals surface area contributed by atoms with Crippen LogP contribution in [0.3, 0.4) is 0 Å². The first kappa shape index (κ1) is 16.9. The summed E-state index contributed by atoms with van der Waals surface area (Å²) in [5, 5.41) is 11.3. The maximum absolute atomic E-state index is 11.9. The van der Waals surface area contributed by atoms with E-state index in [9.17, 15) is 9.59 Å². The molecule has 116 valence electrons. The van der Waals surface area contributed by atoms with Gasteiger partial charge in [0.05, 0.1) is 7.11 Å². The summed E-state index contributed by atoms with van der Waals surface area (Å²) < 4.78 is 5.04. The maximum Gasteiger partial charge on any atom is 0.303 e. The van der Waals surface area contributed by atoms with Gasteiger partial charge in [0, 0.05) is 19.2 Å². The molecule has 0 radical (unpaired) electrons. The number of nitrogens with one attached hydrogen (secondary N) is 1. The van der Waals surface area contributed by atoms with E-state index in [2.05, 4.69) is 10.3 Å². The number of carbonyl (C=O) groups is 2. The van der Waals surface area contributed by atoms with Gasteiger partial charge in [0.1, 0.15) is 5.56 Å². The number of methoxy groups -OCH3 is 1. The monoisotopic (exact) mass is 294 g/mol. The van der Waals surface area contributed by atoms with E-state index in [1.165, 1.54) is 7.11 Å². The molecule has 2 N–H and O–H groups in total. The second-order valence-corrected chi connectivity index (χ2v) is 4.73. The molecule has 0 spiro atoms. The summed E-state index contributed by atoms with van der Waals surface area (Å²) in [4.78, 5) is 26.3. The van der Waals surface area contributed by atoms with E-state index in [0.717, 1.165) is 25.7 Å². The zero-order chi connectivity index (χ0) is 15.5. The van der Waals surface area contributed by atoms with Crippen LogP contribution in [0, 0.1) is 0 Å². The lowest BCUT2D eigenvalue weighted by Crippen LogP contribution is -2.25. The quantitative estimate of drug-likeness (QED) is 0.646. The van der Waals surface area contributed by atoms with Crippen molar-refractivity contribution in [1.29, 1.82) is 0 Å². The predicted octanol–water partition coefficient (Wildman–Crippen LogP) is 2.25. The lowest BCUT2D eigenvalue weighted by Gasteiger charge is -2.08. The Morgan fingerprint density at radius 2 is 1.95 bits per heavy atom. The number of unbranched alkanes of at least 4 members (excludes halogenated alkanes) is 4. The van der Waals surface area contributed by atoms with Gasteiger partial charge in [-0.3, -0.25) is 9.59 Å². The molecule has 0 aromatic carbocycles. The highest BCUT2D eigenvalue weighted by Gasteiger charge is 2.11. The SMILES string of the molecule is COc1ncccc1C(=O)NCCCCCCCC(=O)O. The first-order valence-electron chi connectivity index (χ1n) is 7.14. The summed E-state index contributed by atoms with van der Waals surface area (Å²) in [6, 6.07) is 3.37. The fourth-order valence-corrected chi connectivity index (χ4v) is 1.95. The largest absolute Gasteiger partial charge is 0.481 e. The Morgan fingerprint density at radius 1 is 1.24 bits per heavy atom. The summed E-state index contributed by atoms with van der Waals surface area (Å²) in [7, 11) is 1.48. The van der Waals surface area contributed by atoms with Crippen LogP contribution >= 0.6 is 0 Å². The van der Waals surface area contributed by atoms with Crippen molar-refractivity contribution >= 4 is 11.9 Å². The molecule has 1 heterocycles. The third kappa shape index (κ3) is 6.74. The average Bonchev–Trinajstić information content (AvgIpc) is 2.49. The van der Waals surface area contributed by atoms with Crippen LogP contribution in [0.4, 0.5) is 0 Å². The van der Waals surface area contributed by atoms with E-state index < -0.39 is 5.97 Å². The Labute approximate surface area is 124 Å². The van der Waals surface area contributed by atoms with Gasteiger partial charge >= 0.3 is 5.97 Å². The van der Waals surface area contributed by atoms with E-state index >= 15 is 0 Å². The molecule has 21 heavy (non-hydrogen) atoms. The predicted molar refractivity (Wildman–Crippen MR) is 78.5 cm³/mol. The number of pyridine rings is 1. The van der Waals surface area contributed by atoms with Crippen molar-refractivity contribution in [3.63, 3.8) is 0 Å². The van der Waals surface area contributed by atoms with Gasteiger partial charge in [0.15, 0.2) is 0 Å². The minimum absolute atomic E-state index is 0.189. The van der Waals surface area contributed by atoms with Crippen LogP contribution in [-0.4, -0.2) is 35.6 Å². The lowest BCUT2D eigenvalue weighted by atomic mass is 10.1. The molecule has 1 aromatic heterocycles. The first-order valence-corrected chi connectivity index (χ1v) is 7.14. The van der Waals surface area contributed by atoms with Crippen LogP contribution in [0.25, 0.3) is 0 Å². The molecule has 0 unspecified atom stereocenters. The number of amides is 1. The number of hydrogen-bond acceptors (Lipinski definition) is 4. The van der Waals surface area contributed by atoms with Crippen LogP contribution in [0.5, 0.6) is 5.88 Å².